The zero-order chi connectivity index (χ0) is 20.5. The molecular weight excluding hydrogens is 366 g/mol. The van der Waals surface area contributed by atoms with Gasteiger partial charge in [0.1, 0.15) is 6.54 Å². The number of hydrogen-bond acceptors (Lipinski definition) is 3. The molecule has 1 fully saturated rings. The number of fused-ring (bicyclic) bond motifs is 1. The Kier molecular flexibility index (Phi) is 5.41. The number of hydrogen-bond donors (Lipinski definition) is 1. The average Bonchev–Trinajstić information content (AvgIpc) is 3.10. The van der Waals surface area contributed by atoms with Crippen molar-refractivity contribution in [1.82, 2.24) is 18.7 Å². The fourth-order valence-corrected chi connectivity index (χ4v) is 4.64. The number of quaternary nitrogens is 1. The van der Waals surface area contributed by atoms with Gasteiger partial charge in [0.15, 0.2) is 17.0 Å². The number of benzene rings is 1. The van der Waals surface area contributed by atoms with Gasteiger partial charge in [0.05, 0.1) is 12.6 Å². The molecule has 2 atom stereocenters. The molecule has 7 heteroatoms. The zero-order valence-electron chi connectivity index (χ0n) is 17.5. The summed E-state index contributed by atoms with van der Waals surface area (Å²) >= 11 is 0. The number of rotatable bonds is 5. The van der Waals surface area contributed by atoms with Crippen LogP contribution in [0.15, 0.2) is 39.9 Å². The SMILES string of the molecule is CC[C@@H]1CCCC[NH+]1Cc1nc2c(c(=O)n(C)c(=O)n2C)n1Cc1ccccc1. The first-order valence-electron chi connectivity index (χ1n) is 10.5. The van der Waals surface area contributed by atoms with Crippen LogP contribution in [0.3, 0.4) is 0 Å². The Hall–Kier alpha value is -2.67. The zero-order valence-corrected chi connectivity index (χ0v) is 17.5. The summed E-state index contributed by atoms with van der Waals surface area (Å²) in [6, 6.07) is 10.7. The highest BCUT2D eigenvalue weighted by atomic mass is 16.2. The van der Waals surface area contributed by atoms with Gasteiger partial charge in [-0.2, -0.15) is 0 Å². The maximum Gasteiger partial charge on any atom is 0.332 e. The molecule has 1 aromatic carbocycles. The van der Waals surface area contributed by atoms with Crippen LogP contribution in [0, 0.1) is 0 Å². The maximum atomic E-state index is 13.0. The topological polar surface area (TPSA) is 66.3 Å². The van der Waals surface area contributed by atoms with E-state index in [1.807, 2.05) is 22.8 Å². The van der Waals surface area contributed by atoms with Crippen molar-refractivity contribution in [2.24, 2.45) is 14.1 Å². The van der Waals surface area contributed by atoms with Gasteiger partial charge in [-0.25, -0.2) is 9.78 Å². The smallest absolute Gasteiger partial charge is 0.326 e. The van der Waals surface area contributed by atoms with Gasteiger partial charge in [0.2, 0.25) is 0 Å². The Morgan fingerprint density at radius 3 is 2.59 bits per heavy atom. The predicted molar refractivity (Wildman–Crippen MR) is 113 cm³/mol. The van der Waals surface area contributed by atoms with Gasteiger partial charge in [-0.05, 0) is 31.2 Å². The molecule has 3 heterocycles. The predicted octanol–water partition coefficient (Wildman–Crippen LogP) is 0.829. The van der Waals surface area contributed by atoms with Gasteiger partial charge in [-0.1, -0.05) is 37.3 Å². The van der Waals surface area contributed by atoms with Crippen molar-refractivity contribution in [3.8, 4) is 0 Å². The number of likely N-dealkylation sites (tertiary alicyclic amines) is 1. The Balaban J connectivity index is 1.87. The summed E-state index contributed by atoms with van der Waals surface area (Å²) in [5, 5.41) is 0. The van der Waals surface area contributed by atoms with Crippen LogP contribution in [-0.4, -0.2) is 31.3 Å². The number of aromatic nitrogens is 4. The highest BCUT2D eigenvalue weighted by molar-refractivity contribution is 5.71. The summed E-state index contributed by atoms with van der Waals surface area (Å²) in [6.45, 7) is 4.73. The summed E-state index contributed by atoms with van der Waals surface area (Å²) in [5.74, 6) is 0.887. The second kappa shape index (κ2) is 7.99. The Morgan fingerprint density at radius 2 is 1.86 bits per heavy atom. The Labute approximate surface area is 170 Å². The van der Waals surface area contributed by atoms with Crippen LogP contribution in [0.1, 0.15) is 44.0 Å². The first-order chi connectivity index (χ1) is 14.0. The summed E-state index contributed by atoms with van der Waals surface area (Å²) in [6.07, 6.45) is 4.90. The molecule has 0 aliphatic carbocycles. The van der Waals surface area contributed by atoms with Gasteiger partial charge < -0.3 is 9.47 Å². The van der Waals surface area contributed by atoms with E-state index in [2.05, 4.69) is 19.1 Å². The van der Waals surface area contributed by atoms with Crippen LogP contribution in [0.2, 0.25) is 0 Å². The normalized spacial score (nSPS) is 19.7. The van der Waals surface area contributed by atoms with Crippen LogP contribution < -0.4 is 16.1 Å². The molecule has 7 nitrogen and oxygen atoms in total. The third-order valence-electron chi connectivity index (χ3n) is 6.37. The number of nitrogens with zero attached hydrogens (tertiary/aromatic N) is 4. The number of piperidine rings is 1. The minimum atomic E-state index is -0.338. The van der Waals surface area contributed by atoms with Crippen molar-refractivity contribution in [3.63, 3.8) is 0 Å². The second-order valence-corrected chi connectivity index (χ2v) is 8.16. The maximum absolute atomic E-state index is 13.0. The molecular formula is C22H30N5O2+. The van der Waals surface area contributed by atoms with Gasteiger partial charge in [-0.3, -0.25) is 13.9 Å². The van der Waals surface area contributed by atoms with Crippen molar-refractivity contribution in [1.29, 1.82) is 0 Å². The highest BCUT2D eigenvalue weighted by Gasteiger charge is 2.28. The largest absolute Gasteiger partial charge is 0.332 e. The molecule has 154 valence electrons. The molecule has 4 rings (SSSR count). The molecule has 2 aromatic heterocycles. The van der Waals surface area contributed by atoms with E-state index in [4.69, 9.17) is 4.98 Å². The van der Waals surface area contributed by atoms with Crippen molar-refractivity contribution >= 4 is 11.2 Å². The lowest BCUT2D eigenvalue weighted by Gasteiger charge is -2.31. The van der Waals surface area contributed by atoms with Crippen molar-refractivity contribution in [2.75, 3.05) is 6.54 Å². The van der Waals surface area contributed by atoms with Crippen LogP contribution in [0.25, 0.3) is 11.2 Å². The summed E-state index contributed by atoms with van der Waals surface area (Å²) in [7, 11) is 3.23. The van der Waals surface area contributed by atoms with E-state index >= 15 is 0 Å². The average molecular weight is 397 g/mol. The lowest BCUT2D eigenvalue weighted by molar-refractivity contribution is -0.944. The van der Waals surface area contributed by atoms with Crippen LogP contribution in [0.4, 0.5) is 0 Å². The molecule has 29 heavy (non-hydrogen) atoms. The second-order valence-electron chi connectivity index (χ2n) is 8.16. The first kappa shape index (κ1) is 19.6. The molecule has 1 aliphatic heterocycles. The van der Waals surface area contributed by atoms with Crippen molar-refractivity contribution in [3.05, 3.63) is 62.6 Å². The third-order valence-corrected chi connectivity index (χ3v) is 6.37. The lowest BCUT2D eigenvalue weighted by Crippen LogP contribution is -3.15. The monoisotopic (exact) mass is 396 g/mol. The van der Waals surface area contributed by atoms with Crippen molar-refractivity contribution < 1.29 is 4.90 Å². The molecule has 1 N–H and O–H groups in total. The molecule has 0 amide bonds. The number of nitrogens with one attached hydrogen (secondary N) is 1. The molecule has 1 unspecified atom stereocenters. The van der Waals surface area contributed by atoms with E-state index in [1.54, 1.807) is 7.05 Å². The van der Waals surface area contributed by atoms with Gasteiger partial charge in [0.25, 0.3) is 5.56 Å². The fraction of sp³-hybridized carbons (Fsp3) is 0.500. The summed E-state index contributed by atoms with van der Waals surface area (Å²) in [5.41, 5.74) is 1.49. The minimum Gasteiger partial charge on any atom is -0.326 e. The van der Waals surface area contributed by atoms with Crippen LogP contribution >= 0.6 is 0 Å². The van der Waals surface area contributed by atoms with E-state index in [-0.39, 0.29) is 11.2 Å². The van der Waals surface area contributed by atoms with E-state index < -0.39 is 0 Å². The summed E-state index contributed by atoms with van der Waals surface area (Å²) < 4.78 is 4.70. The molecule has 0 radical (unpaired) electrons. The molecule has 0 bridgehead atoms. The van der Waals surface area contributed by atoms with E-state index in [9.17, 15) is 9.59 Å². The van der Waals surface area contributed by atoms with Crippen LogP contribution in [0.5, 0.6) is 0 Å². The Morgan fingerprint density at radius 1 is 1.10 bits per heavy atom. The van der Waals surface area contributed by atoms with E-state index in [1.165, 1.54) is 40.3 Å². The van der Waals surface area contributed by atoms with E-state index in [0.717, 1.165) is 30.9 Å². The van der Waals surface area contributed by atoms with E-state index in [0.29, 0.717) is 23.8 Å². The lowest BCUT2D eigenvalue weighted by atomic mass is 10.00. The van der Waals surface area contributed by atoms with Crippen molar-refractivity contribution in [2.45, 2.75) is 51.7 Å². The molecule has 0 spiro atoms. The van der Waals surface area contributed by atoms with Gasteiger partial charge in [-0.15, -0.1) is 0 Å². The fourth-order valence-electron chi connectivity index (χ4n) is 4.64. The number of aryl methyl sites for hydroxylation is 1. The standard InChI is InChI=1S/C22H29N5O2/c1-4-17-12-8-9-13-26(17)15-18-23-20-19(21(28)25(3)22(29)24(20)2)27(18)14-16-10-6-5-7-11-16/h5-7,10-11,17H,4,8-9,12-15H2,1-3H3/p+1/t17-/m1/s1. The Bertz CT molecular complexity index is 1130. The molecule has 3 aromatic rings. The third kappa shape index (κ3) is 3.55. The van der Waals surface area contributed by atoms with Crippen LogP contribution in [-0.2, 0) is 27.2 Å². The number of imidazole rings is 1. The molecule has 1 saturated heterocycles. The first-order valence-corrected chi connectivity index (χ1v) is 10.5. The minimum absolute atomic E-state index is 0.279. The van der Waals surface area contributed by atoms with Gasteiger partial charge >= 0.3 is 5.69 Å². The summed E-state index contributed by atoms with van der Waals surface area (Å²) in [4.78, 5) is 31.8. The van der Waals surface area contributed by atoms with Gasteiger partial charge in [0, 0.05) is 20.6 Å². The molecule has 1 aliphatic rings. The molecule has 0 saturated carbocycles. The quantitative estimate of drug-likeness (QED) is 0.695. The highest BCUT2D eigenvalue weighted by Crippen LogP contribution is 2.15.